The van der Waals surface area contributed by atoms with Gasteiger partial charge in [0.25, 0.3) is 0 Å². The van der Waals surface area contributed by atoms with Crippen LogP contribution in [-0.4, -0.2) is 5.92 Å². The minimum Gasteiger partial charge on any atom is -0.195 e. The van der Waals surface area contributed by atoms with E-state index in [1.165, 1.54) is 6.07 Å². The summed E-state index contributed by atoms with van der Waals surface area (Å²) in [4.78, 5) is 0. The van der Waals surface area contributed by atoms with Gasteiger partial charge in [0.05, 0.1) is 0 Å². The Hall–Kier alpha value is -1.84. The average Bonchev–Trinajstić information content (AvgIpc) is 2.34. The molecule has 2 aromatic rings. The van der Waals surface area contributed by atoms with Gasteiger partial charge in [0.15, 0.2) is 0 Å². The Balaban J connectivity index is 2.38. The van der Waals surface area contributed by atoms with Crippen molar-refractivity contribution in [2.45, 2.75) is 11.8 Å². The van der Waals surface area contributed by atoms with Crippen LogP contribution in [0.3, 0.4) is 0 Å². The average molecular weight is 252 g/mol. The van der Waals surface area contributed by atoms with Gasteiger partial charge in [0.1, 0.15) is 0 Å². The molecule has 0 saturated carbocycles. The highest BCUT2D eigenvalue weighted by atomic mass is 19.3. The molecule has 1 aliphatic rings. The van der Waals surface area contributed by atoms with E-state index in [2.05, 4.69) is 0 Å². The van der Waals surface area contributed by atoms with Crippen LogP contribution in [0.4, 0.5) is 17.6 Å². The first kappa shape index (κ1) is 11.3. The van der Waals surface area contributed by atoms with Crippen molar-refractivity contribution >= 4 is 16.8 Å². The lowest BCUT2D eigenvalue weighted by Gasteiger charge is -2.29. The molecule has 0 fully saturated rings. The molecule has 0 heterocycles. The number of halogens is 4. The summed E-state index contributed by atoms with van der Waals surface area (Å²) in [7, 11) is 0. The summed E-state index contributed by atoms with van der Waals surface area (Å²) in [6, 6.07) is 9.40. The Bertz CT molecular complexity index is 656. The number of fused-ring (bicyclic) bond motifs is 3. The molecule has 0 amide bonds. The Kier molecular flexibility index (Phi) is 2.09. The molecular weight excluding hydrogens is 244 g/mol. The van der Waals surface area contributed by atoms with E-state index in [-0.39, 0.29) is 11.6 Å². The molecule has 0 N–H and O–H groups in total. The Morgan fingerprint density at radius 1 is 0.833 bits per heavy atom. The molecule has 0 spiro atoms. The first-order chi connectivity index (χ1) is 8.43. The van der Waals surface area contributed by atoms with E-state index in [1.807, 2.05) is 0 Å². The van der Waals surface area contributed by atoms with Gasteiger partial charge in [-0.05, 0) is 22.4 Å². The van der Waals surface area contributed by atoms with Crippen molar-refractivity contribution < 1.29 is 17.6 Å². The van der Waals surface area contributed by atoms with Gasteiger partial charge in [0, 0.05) is 5.56 Å². The minimum atomic E-state index is -4.17. The monoisotopic (exact) mass is 252 g/mol. The lowest BCUT2D eigenvalue weighted by Crippen LogP contribution is -2.38. The van der Waals surface area contributed by atoms with Crippen LogP contribution in [0.15, 0.2) is 42.5 Å². The molecule has 0 bridgehead atoms. The Morgan fingerprint density at radius 2 is 1.56 bits per heavy atom. The maximum absolute atomic E-state index is 13.7. The molecule has 0 nitrogen and oxygen atoms in total. The van der Waals surface area contributed by atoms with Gasteiger partial charge >= 0.3 is 11.8 Å². The molecule has 0 unspecified atom stereocenters. The SMILES string of the molecule is FC1(F)C=Cc2c(ccc3ccccc23)C1(F)F. The summed E-state index contributed by atoms with van der Waals surface area (Å²) in [6.45, 7) is 0. The van der Waals surface area contributed by atoms with Crippen molar-refractivity contribution in [3.8, 4) is 0 Å². The third-order valence-electron chi connectivity index (χ3n) is 3.19. The van der Waals surface area contributed by atoms with Crippen LogP contribution in [0.25, 0.3) is 16.8 Å². The molecule has 92 valence electrons. The third kappa shape index (κ3) is 1.32. The van der Waals surface area contributed by atoms with Crippen LogP contribution >= 0.6 is 0 Å². The van der Waals surface area contributed by atoms with E-state index in [0.717, 1.165) is 17.5 Å². The Morgan fingerprint density at radius 3 is 2.33 bits per heavy atom. The smallest absolute Gasteiger partial charge is 0.195 e. The highest BCUT2D eigenvalue weighted by Crippen LogP contribution is 2.49. The second-order valence-electron chi connectivity index (χ2n) is 4.28. The predicted molar refractivity (Wildman–Crippen MR) is 61.8 cm³/mol. The zero-order chi connectivity index (χ0) is 13.0. The molecule has 0 aromatic heterocycles. The second kappa shape index (κ2) is 3.34. The zero-order valence-electron chi connectivity index (χ0n) is 9.13. The van der Waals surface area contributed by atoms with Crippen LogP contribution in [0.5, 0.6) is 0 Å². The first-order valence-electron chi connectivity index (χ1n) is 5.40. The van der Waals surface area contributed by atoms with E-state index in [1.54, 1.807) is 24.3 Å². The molecule has 0 aliphatic heterocycles. The molecular formula is C14H8F4. The molecule has 18 heavy (non-hydrogen) atoms. The topological polar surface area (TPSA) is 0 Å². The van der Waals surface area contributed by atoms with Crippen LogP contribution in [0, 0.1) is 0 Å². The zero-order valence-corrected chi connectivity index (χ0v) is 9.13. The molecule has 1 aliphatic carbocycles. The lowest BCUT2D eigenvalue weighted by atomic mass is 9.88. The van der Waals surface area contributed by atoms with Crippen molar-refractivity contribution in [3.63, 3.8) is 0 Å². The fraction of sp³-hybridized carbons (Fsp3) is 0.143. The van der Waals surface area contributed by atoms with Crippen molar-refractivity contribution in [3.05, 3.63) is 53.6 Å². The quantitative estimate of drug-likeness (QED) is 0.601. The van der Waals surface area contributed by atoms with Crippen molar-refractivity contribution in [2.75, 3.05) is 0 Å². The van der Waals surface area contributed by atoms with Gasteiger partial charge in [-0.25, -0.2) is 0 Å². The van der Waals surface area contributed by atoms with E-state index < -0.39 is 17.4 Å². The van der Waals surface area contributed by atoms with Crippen molar-refractivity contribution in [2.24, 2.45) is 0 Å². The maximum Gasteiger partial charge on any atom is 0.339 e. The van der Waals surface area contributed by atoms with Crippen LogP contribution in [0.2, 0.25) is 0 Å². The van der Waals surface area contributed by atoms with Crippen LogP contribution in [-0.2, 0) is 5.92 Å². The molecule has 3 rings (SSSR count). The number of rotatable bonds is 0. The van der Waals surface area contributed by atoms with Crippen molar-refractivity contribution in [1.82, 2.24) is 0 Å². The second-order valence-corrected chi connectivity index (χ2v) is 4.28. The standard InChI is InChI=1S/C14H8F4/c15-13(16)8-7-11-10-4-2-1-3-9(10)5-6-12(11)14(13,17)18/h1-8H. The number of alkyl halides is 4. The van der Waals surface area contributed by atoms with Gasteiger partial charge in [-0.15, -0.1) is 0 Å². The van der Waals surface area contributed by atoms with Crippen LogP contribution in [0.1, 0.15) is 11.1 Å². The highest BCUT2D eigenvalue weighted by molar-refractivity contribution is 5.93. The number of hydrogen-bond donors (Lipinski definition) is 0. The molecule has 0 radical (unpaired) electrons. The minimum absolute atomic E-state index is 0.170. The predicted octanol–water partition coefficient (Wildman–Crippen LogP) is 4.59. The molecule has 4 heteroatoms. The first-order valence-corrected chi connectivity index (χ1v) is 5.40. The highest BCUT2D eigenvalue weighted by Gasteiger charge is 2.58. The van der Waals surface area contributed by atoms with E-state index in [9.17, 15) is 17.6 Å². The number of hydrogen-bond acceptors (Lipinski definition) is 0. The summed E-state index contributed by atoms with van der Waals surface area (Å²) >= 11 is 0. The van der Waals surface area contributed by atoms with Gasteiger partial charge < -0.3 is 0 Å². The van der Waals surface area contributed by atoms with Gasteiger partial charge in [-0.2, -0.15) is 17.6 Å². The van der Waals surface area contributed by atoms with Crippen molar-refractivity contribution in [1.29, 1.82) is 0 Å². The fourth-order valence-electron chi connectivity index (χ4n) is 2.22. The van der Waals surface area contributed by atoms with Crippen LogP contribution < -0.4 is 0 Å². The molecule has 0 saturated heterocycles. The summed E-state index contributed by atoms with van der Waals surface area (Å²) in [6.07, 6.45) is 1.36. The summed E-state index contributed by atoms with van der Waals surface area (Å²) < 4.78 is 53.9. The van der Waals surface area contributed by atoms with Gasteiger partial charge in [-0.1, -0.05) is 42.5 Å². The summed E-state index contributed by atoms with van der Waals surface area (Å²) in [5, 5.41) is 1.31. The lowest BCUT2D eigenvalue weighted by molar-refractivity contribution is -0.187. The molecule has 2 aromatic carbocycles. The van der Waals surface area contributed by atoms with E-state index >= 15 is 0 Å². The summed E-state index contributed by atoms with van der Waals surface area (Å²) in [5.41, 5.74) is -0.447. The van der Waals surface area contributed by atoms with E-state index in [0.29, 0.717) is 5.39 Å². The number of benzene rings is 2. The maximum atomic E-state index is 13.7. The van der Waals surface area contributed by atoms with Gasteiger partial charge in [0.2, 0.25) is 0 Å². The molecule has 0 atom stereocenters. The fourth-order valence-corrected chi connectivity index (χ4v) is 2.22. The van der Waals surface area contributed by atoms with Gasteiger partial charge in [-0.3, -0.25) is 0 Å². The summed E-state index contributed by atoms with van der Waals surface area (Å²) in [5.74, 6) is -8.30. The normalized spacial score (nSPS) is 19.8. The Labute approximate surface area is 101 Å². The number of allylic oxidation sites excluding steroid dienone is 1. The van der Waals surface area contributed by atoms with E-state index in [4.69, 9.17) is 0 Å². The third-order valence-corrected chi connectivity index (χ3v) is 3.19. The largest absolute Gasteiger partial charge is 0.339 e.